The number of rotatable bonds is 11. The van der Waals surface area contributed by atoms with Crippen molar-refractivity contribution < 1.29 is 28.5 Å². The highest BCUT2D eigenvalue weighted by Gasteiger charge is 2.25. The lowest BCUT2D eigenvalue weighted by Gasteiger charge is -2.22. The molecule has 0 saturated carbocycles. The van der Waals surface area contributed by atoms with E-state index < -0.39 is 6.04 Å². The lowest BCUT2D eigenvalue weighted by molar-refractivity contribution is -0.124. The van der Waals surface area contributed by atoms with Gasteiger partial charge >= 0.3 is 0 Å². The van der Waals surface area contributed by atoms with Crippen molar-refractivity contribution in [3.8, 4) is 17.2 Å². The highest BCUT2D eigenvalue weighted by atomic mass is 16.5. The maximum Gasteiger partial charge on any atom is 0.251 e. The zero-order valence-corrected chi connectivity index (χ0v) is 20.3. The average molecular weight is 471 g/mol. The Balaban J connectivity index is 1.57. The largest absolute Gasteiger partial charge is 0.497 e. The fraction of sp³-hybridized carbons (Fsp3) is 0.462. The predicted molar refractivity (Wildman–Crippen MR) is 128 cm³/mol. The second-order valence-corrected chi connectivity index (χ2v) is 8.57. The van der Waals surface area contributed by atoms with Crippen LogP contribution in [-0.2, 0) is 16.1 Å². The number of nitrogens with one attached hydrogen (secondary N) is 2. The van der Waals surface area contributed by atoms with Crippen LogP contribution in [0.4, 0.5) is 0 Å². The summed E-state index contributed by atoms with van der Waals surface area (Å²) in [5.74, 6) is 1.23. The Kier molecular flexibility index (Phi) is 9.16. The summed E-state index contributed by atoms with van der Waals surface area (Å²) >= 11 is 0. The van der Waals surface area contributed by atoms with Crippen LogP contribution >= 0.6 is 0 Å². The zero-order chi connectivity index (χ0) is 24.5. The Morgan fingerprint density at radius 3 is 2.44 bits per heavy atom. The van der Waals surface area contributed by atoms with Crippen LogP contribution in [0.15, 0.2) is 42.5 Å². The molecule has 2 atom stereocenters. The molecule has 1 heterocycles. The standard InChI is InChI=1S/C26H34N2O6/c1-17(2)24(28-25(29)19-8-10-20(31-3)11-9-19)26(30)27-15-18-7-12-22(23(14-18)32-4)34-16-21-6-5-13-33-21/h7-12,14,17,21,24H,5-6,13,15-16H2,1-4H3,(H,27,30)(H,28,29). The number of carbonyl (C=O) groups excluding carboxylic acids is 2. The maximum absolute atomic E-state index is 12.9. The van der Waals surface area contributed by atoms with Crippen molar-refractivity contribution >= 4 is 11.8 Å². The van der Waals surface area contributed by atoms with Gasteiger partial charge in [-0.15, -0.1) is 0 Å². The van der Waals surface area contributed by atoms with Gasteiger partial charge in [-0.25, -0.2) is 0 Å². The van der Waals surface area contributed by atoms with Gasteiger partial charge in [0.1, 0.15) is 18.4 Å². The van der Waals surface area contributed by atoms with E-state index in [4.69, 9.17) is 18.9 Å². The van der Waals surface area contributed by atoms with E-state index in [2.05, 4.69) is 10.6 Å². The molecular weight excluding hydrogens is 436 g/mol. The van der Waals surface area contributed by atoms with Gasteiger partial charge in [0.2, 0.25) is 5.91 Å². The van der Waals surface area contributed by atoms with E-state index in [9.17, 15) is 9.59 Å². The van der Waals surface area contributed by atoms with Crippen LogP contribution in [0.25, 0.3) is 0 Å². The van der Waals surface area contributed by atoms with Crippen molar-refractivity contribution in [2.45, 2.75) is 45.4 Å². The number of hydrogen-bond donors (Lipinski definition) is 2. The molecule has 2 aromatic rings. The molecule has 0 aliphatic carbocycles. The average Bonchev–Trinajstić information content (AvgIpc) is 3.38. The molecule has 34 heavy (non-hydrogen) atoms. The van der Waals surface area contributed by atoms with E-state index in [1.165, 1.54) is 0 Å². The van der Waals surface area contributed by atoms with E-state index in [1.54, 1.807) is 38.5 Å². The van der Waals surface area contributed by atoms with Crippen LogP contribution in [0.1, 0.15) is 42.6 Å². The van der Waals surface area contributed by atoms with Crippen LogP contribution in [0.2, 0.25) is 0 Å². The molecule has 184 valence electrons. The molecule has 2 aromatic carbocycles. The smallest absolute Gasteiger partial charge is 0.251 e. The van der Waals surface area contributed by atoms with Gasteiger partial charge in [0.05, 0.1) is 20.3 Å². The Labute approximate surface area is 200 Å². The summed E-state index contributed by atoms with van der Waals surface area (Å²) in [7, 11) is 3.15. The summed E-state index contributed by atoms with van der Waals surface area (Å²) in [6.45, 7) is 5.34. The summed E-state index contributed by atoms with van der Waals surface area (Å²) in [6, 6.07) is 11.6. The molecule has 2 amide bonds. The Morgan fingerprint density at radius 1 is 1.06 bits per heavy atom. The molecule has 1 saturated heterocycles. The molecule has 1 fully saturated rings. The van der Waals surface area contributed by atoms with Gasteiger partial charge in [-0.1, -0.05) is 19.9 Å². The van der Waals surface area contributed by atoms with Crippen molar-refractivity contribution in [3.05, 3.63) is 53.6 Å². The van der Waals surface area contributed by atoms with Crippen LogP contribution in [0.3, 0.4) is 0 Å². The lowest BCUT2D eigenvalue weighted by atomic mass is 10.0. The zero-order valence-electron chi connectivity index (χ0n) is 20.3. The number of carbonyl (C=O) groups is 2. The minimum absolute atomic E-state index is 0.0923. The van der Waals surface area contributed by atoms with E-state index in [1.807, 2.05) is 32.0 Å². The van der Waals surface area contributed by atoms with Crippen molar-refractivity contribution in [1.29, 1.82) is 0 Å². The molecule has 1 aliphatic heterocycles. The summed E-state index contributed by atoms with van der Waals surface area (Å²) in [5, 5.41) is 5.75. The quantitative estimate of drug-likeness (QED) is 0.523. The maximum atomic E-state index is 12.9. The molecule has 0 bridgehead atoms. The van der Waals surface area contributed by atoms with E-state index >= 15 is 0 Å². The summed E-state index contributed by atoms with van der Waals surface area (Å²) in [6.07, 6.45) is 2.17. The third-order valence-electron chi connectivity index (χ3n) is 5.73. The highest BCUT2D eigenvalue weighted by Crippen LogP contribution is 2.29. The number of amides is 2. The summed E-state index contributed by atoms with van der Waals surface area (Å²) in [4.78, 5) is 25.5. The number of methoxy groups -OCH3 is 2. The summed E-state index contributed by atoms with van der Waals surface area (Å²) in [5.41, 5.74) is 1.32. The van der Waals surface area contributed by atoms with Gasteiger partial charge in [0.15, 0.2) is 11.5 Å². The molecule has 8 nitrogen and oxygen atoms in total. The normalized spacial score (nSPS) is 16.1. The first-order valence-corrected chi connectivity index (χ1v) is 11.5. The molecular formula is C26H34N2O6. The topological polar surface area (TPSA) is 95.1 Å². The minimum Gasteiger partial charge on any atom is -0.497 e. The molecule has 0 radical (unpaired) electrons. The van der Waals surface area contributed by atoms with Gasteiger partial charge in [0, 0.05) is 18.7 Å². The lowest BCUT2D eigenvalue weighted by Crippen LogP contribution is -2.49. The monoisotopic (exact) mass is 470 g/mol. The van der Waals surface area contributed by atoms with Crippen molar-refractivity contribution in [3.63, 3.8) is 0 Å². The number of hydrogen-bond acceptors (Lipinski definition) is 6. The SMILES string of the molecule is COc1ccc(C(=O)NC(C(=O)NCc2ccc(OCC3CCCO3)c(OC)c2)C(C)C)cc1. The van der Waals surface area contributed by atoms with Gasteiger partial charge in [0.25, 0.3) is 5.91 Å². The van der Waals surface area contributed by atoms with E-state index in [0.717, 1.165) is 25.0 Å². The van der Waals surface area contributed by atoms with Crippen LogP contribution < -0.4 is 24.8 Å². The summed E-state index contributed by atoms with van der Waals surface area (Å²) < 4.78 is 22.1. The van der Waals surface area contributed by atoms with E-state index in [0.29, 0.717) is 36.0 Å². The molecule has 2 unspecified atom stereocenters. The van der Waals surface area contributed by atoms with Gasteiger partial charge in [-0.05, 0) is 60.7 Å². The predicted octanol–water partition coefficient (Wildman–Crippen LogP) is 3.33. The second kappa shape index (κ2) is 12.3. The van der Waals surface area contributed by atoms with Crippen LogP contribution in [0, 0.1) is 5.92 Å². The third kappa shape index (κ3) is 6.87. The van der Waals surface area contributed by atoms with Crippen LogP contribution in [0.5, 0.6) is 17.2 Å². The number of ether oxygens (including phenoxy) is 4. The van der Waals surface area contributed by atoms with Gasteiger partial charge < -0.3 is 29.6 Å². The fourth-order valence-corrected chi connectivity index (χ4v) is 3.70. The first-order valence-electron chi connectivity index (χ1n) is 11.5. The van der Waals surface area contributed by atoms with E-state index in [-0.39, 0.29) is 23.8 Å². The molecule has 2 N–H and O–H groups in total. The molecule has 3 rings (SSSR count). The fourth-order valence-electron chi connectivity index (χ4n) is 3.70. The first kappa shape index (κ1) is 25.4. The Hall–Kier alpha value is -3.26. The Morgan fingerprint density at radius 2 is 1.82 bits per heavy atom. The molecule has 8 heteroatoms. The van der Waals surface area contributed by atoms with Crippen LogP contribution in [-0.4, -0.2) is 51.4 Å². The van der Waals surface area contributed by atoms with Crippen molar-refractivity contribution in [2.75, 3.05) is 27.4 Å². The minimum atomic E-state index is -0.675. The highest BCUT2D eigenvalue weighted by molar-refractivity contribution is 5.97. The molecule has 1 aliphatic rings. The Bertz CT molecular complexity index is 954. The van der Waals surface area contributed by atoms with Crippen molar-refractivity contribution in [2.24, 2.45) is 5.92 Å². The van der Waals surface area contributed by atoms with Gasteiger partial charge in [-0.3, -0.25) is 9.59 Å². The molecule has 0 spiro atoms. The number of benzene rings is 2. The van der Waals surface area contributed by atoms with Gasteiger partial charge in [-0.2, -0.15) is 0 Å². The first-order chi connectivity index (χ1) is 16.4. The second-order valence-electron chi connectivity index (χ2n) is 8.57. The third-order valence-corrected chi connectivity index (χ3v) is 5.73. The van der Waals surface area contributed by atoms with Crippen molar-refractivity contribution in [1.82, 2.24) is 10.6 Å². The molecule has 0 aromatic heterocycles.